The van der Waals surface area contributed by atoms with Gasteiger partial charge in [-0.2, -0.15) is 0 Å². The number of nitrogens with one attached hydrogen (secondary N) is 2. The lowest BCUT2D eigenvalue weighted by Crippen LogP contribution is -2.27. The zero-order chi connectivity index (χ0) is 9.97. The Morgan fingerprint density at radius 2 is 2.29 bits per heavy atom. The first kappa shape index (κ1) is 9.40. The van der Waals surface area contributed by atoms with Crippen LogP contribution in [0.3, 0.4) is 0 Å². The summed E-state index contributed by atoms with van der Waals surface area (Å²) in [5.74, 6) is 0.984. The van der Waals surface area contributed by atoms with Crippen LogP contribution in [-0.2, 0) is 13.0 Å². The molecule has 4 nitrogen and oxygen atoms in total. The van der Waals surface area contributed by atoms with Crippen molar-refractivity contribution in [3.8, 4) is 0 Å². The number of fused-ring (bicyclic) bond motifs is 1. The highest BCUT2D eigenvalue weighted by molar-refractivity contribution is 5.47. The summed E-state index contributed by atoms with van der Waals surface area (Å²) in [4.78, 5) is 8.57. The van der Waals surface area contributed by atoms with Gasteiger partial charge in [0, 0.05) is 31.1 Å². The maximum atomic E-state index is 4.30. The number of hydrogen-bond acceptors (Lipinski definition) is 4. The predicted molar refractivity (Wildman–Crippen MR) is 56.2 cm³/mol. The van der Waals surface area contributed by atoms with E-state index < -0.39 is 0 Å². The number of nitrogens with zero attached hydrogens (tertiary/aromatic N) is 2. The van der Waals surface area contributed by atoms with E-state index in [0.29, 0.717) is 6.04 Å². The Balaban J connectivity index is 2.30. The molecule has 2 N–H and O–H groups in total. The Morgan fingerprint density at radius 3 is 3.07 bits per heavy atom. The third-order valence-electron chi connectivity index (χ3n) is 2.30. The lowest BCUT2D eigenvalue weighted by molar-refractivity contribution is 0.626. The van der Waals surface area contributed by atoms with Gasteiger partial charge in [-0.1, -0.05) is 0 Å². The third-order valence-corrected chi connectivity index (χ3v) is 2.30. The van der Waals surface area contributed by atoms with Crippen molar-refractivity contribution in [3.05, 3.63) is 17.6 Å². The Bertz CT molecular complexity index is 322. The van der Waals surface area contributed by atoms with Crippen LogP contribution in [0.2, 0.25) is 0 Å². The number of aromatic nitrogens is 2. The standard InChI is InChI=1S/C10H16N4/c1-7(2)14-10-8-5-11-4-3-9(8)12-6-13-10/h6-7,11H,3-5H2,1-2H3,(H,12,13,14). The van der Waals surface area contributed by atoms with Crippen molar-refractivity contribution >= 4 is 5.82 Å². The molecule has 0 aliphatic carbocycles. The van der Waals surface area contributed by atoms with Gasteiger partial charge in [-0.3, -0.25) is 0 Å². The number of hydrogen-bond donors (Lipinski definition) is 2. The van der Waals surface area contributed by atoms with Crippen molar-refractivity contribution in [2.45, 2.75) is 32.9 Å². The highest BCUT2D eigenvalue weighted by atomic mass is 15.0. The van der Waals surface area contributed by atoms with E-state index >= 15 is 0 Å². The first-order chi connectivity index (χ1) is 6.77. The lowest BCUT2D eigenvalue weighted by Gasteiger charge is -2.20. The lowest BCUT2D eigenvalue weighted by atomic mass is 10.1. The molecule has 1 aromatic rings. The van der Waals surface area contributed by atoms with E-state index in [1.165, 1.54) is 11.3 Å². The van der Waals surface area contributed by atoms with Gasteiger partial charge >= 0.3 is 0 Å². The zero-order valence-corrected chi connectivity index (χ0v) is 8.67. The summed E-state index contributed by atoms with van der Waals surface area (Å²) < 4.78 is 0. The van der Waals surface area contributed by atoms with Crippen molar-refractivity contribution in [3.63, 3.8) is 0 Å². The van der Waals surface area contributed by atoms with Crippen molar-refractivity contribution in [2.24, 2.45) is 0 Å². The topological polar surface area (TPSA) is 49.8 Å². The highest BCUT2D eigenvalue weighted by Gasteiger charge is 2.14. The van der Waals surface area contributed by atoms with E-state index in [-0.39, 0.29) is 0 Å². The smallest absolute Gasteiger partial charge is 0.134 e. The average molecular weight is 192 g/mol. The summed E-state index contributed by atoms with van der Waals surface area (Å²) in [6, 6.07) is 0.413. The van der Waals surface area contributed by atoms with E-state index in [1.807, 2.05) is 0 Å². The Hall–Kier alpha value is -1.16. The second-order valence-corrected chi connectivity index (χ2v) is 3.87. The van der Waals surface area contributed by atoms with Crippen LogP contribution in [0.15, 0.2) is 6.33 Å². The molecular formula is C10H16N4. The zero-order valence-electron chi connectivity index (χ0n) is 8.67. The number of anilines is 1. The molecule has 0 atom stereocenters. The summed E-state index contributed by atoms with van der Waals surface area (Å²) in [5, 5.41) is 6.68. The van der Waals surface area contributed by atoms with Gasteiger partial charge in [-0.25, -0.2) is 9.97 Å². The molecule has 1 aliphatic heterocycles. The molecule has 0 saturated carbocycles. The van der Waals surface area contributed by atoms with E-state index in [1.54, 1.807) is 6.33 Å². The van der Waals surface area contributed by atoms with E-state index in [0.717, 1.165) is 25.3 Å². The van der Waals surface area contributed by atoms with Crippen LogP contribution in [0.1, 0.15) is 25.1 Å². The molecule has 0 spiro atoms. The molecule has 0 amide bonds. The summed E-state index contributed by atoms with van der Waals surface area (Å²) in [5.41, 5.74) is 2.41. The molecule has 1 aliphatic rings. The molecule has 0 unspecified atom stereocenters. The monoisotopic (exact) mass is 192 g/mol. The first-order valence-electron chi connectivity index (χ1n) is 5.07. The van der Waals surface area contributed by atoms with Gasteiger partial charge in [0.15, 0.2) is 0 Å². The molecule has 1 aromatic heterocycles. The maximum absolute atomic E-state index is 4.30. The average Bonchev–Trinajstić information content (AvgIpc) is 2.18. The second kappa shape index (κ2) is 3.92. The number of rotatable bonds is 2. The molecule has 4 heteroatoms. The second-order valence-electron chi connectivity index (χ2n) is 3.87. The Morgan fingerprint density at radius 1 is 1.43 bits per heavy atom. The maximum Gasteiger partial charge on any atom is 0.134 e. The van der Waals surface area contributed by atoms with Crippen molar-refractivity contribution in [1.29, 1.82) is 0 Å². The molecular weight excluding hydrogens is 176 g/mol. The van der Waals surface area contributed by atoms with Crippen molar-refractivity contribution < 1.29 is 0 Å². The molecule has 14 heavy (non-hydrogen) atoms. The Labute approximate surface area is 84.2 Å². The summed E-state index contributed by atoms with van der Waals surface area (Å²) in [7, 11) is 0. The molecule has 0 fully saturated rings. The van der Waals surface area contributed by atoms with Crippen LogP contribution in [0.5, 0.6) is 0 Å². The van der Waals surface area contributed by atoms with Crippen LogP contribution in [0, 0.1) is 0 Å². The van der Waals surface area contributed by atoms with Crippen LogP contribution in [0.4, 0.5) is 5.82 Å². The van der Waals surface area contributed by atoms with Crippen LogP contribution in [-0.4, -0.2) is 22.6 Å². The van der Waals surface area contributed by atoms with E-state index in [4.69, 9.17) is 0 Å². The molecule has 2 heterocycles. The van der Waals surface area contributed by atoms with Crippen molar-refractivity contribution in [1.82, 2.24) is 15.3 Å². The summed E-state index contributed by atoms with van der Waals surface area (Å²) in [6.45, 7) is 6.13. The minimum absolute atomic E-state index is 0.413. The van der Waals surface area contributed by atoms with Gasteiger partial charge in [0.1, 0.15) is 12.1 Å². The summed E-state index contributed by atoms with van der Waals surface area (Å²) in [6.07, 6.45) is 2.65. The van der Waals surface area contributed by atoms with E-state index in [9.17, 15) is 0 Å². The minimum atomic E-state index is 0.413. The van der Waals surface area contributed by atoms with Gasteiger partial charge < -0.3 is 10.6 Å². The minimum Gasteiger partial charge on any atom is -0.368 e. The summed E-state index contributed by atoms with van der Waals surface area (Å²) >= 11 is 0. The van der Waals surface area contributed by atoms with Gasteiger partial charge in [0.2, 0.25) is 0 Å². The van der Waals surface area contributed by atoms with Crippen molar-refractivity contribution in [2.75, 3.05) is 11.9 Å². The fourth-order valence-electron chi connectivity index (χ4n) is 1.67. The quantitative estimate of drug-likeness (QED) is 0.732. The molecule has 0 aromatic carbocycles. The van der Waals surface area contributed by atoms with Gasteiger partial charge in [0.05, 0.1) is 5.69 Å². The van der Waals surface area contributed by atoms with Crippen LogP contribution in [0.25, 0.3) is 0 Å². The van der Waals surface area contributed by atoms with Gasteiger partial charge in [0.25, 0.3) is 0 Å². The highest BCUT2D eigenvalue weighted by Crippen LogP contribution is 2.18. The normalized spacial score (nSPS) is 15.4. The molecule has 0 radical (unpaired) electrons. The third kappa shape index (κ3) is 1.85. The van der Waals surface area contributed by atoms with Crippen LogP contribution < -0.4 is 10.6 Å². The molecule has 76 valence electrons. The fraction of sp³-hybridized carbons (Fsp3) is 0.600. The predicted octanol–water partition coefficient (Wildman–Crippen LogP) is 0.943. The largest absolute Gasteiger partial charge is 0.368 e. The fourth-order valence-corrected chi connectivity index (χ4v) is 1.67. The molecule has 0 bridgehead atoms. The first-order valence-corrected chi connectivity index (χ1v) is 5.07. The van der Waals surface area contributed by atoms with E-state index in [2.05, 4.69) is 34.4 Å². The van der Waals surface area contributed by atoms with Crippen LogP contribution >= 0.6 is 0 Å². The van der Waals surface area contributed by atoms with Gasteiger partial charge in [-0.05, 0) is 13.8 Å². The SMILES string of the molecule is CC(C)Nc1ncnc2c1CNCC2. The molecule has 2 rings (SSSR count). The molecule has 0 saturated heterocycles. The Kier molecular flexibility index (Phi) is 2.63. The van der Waals surface area contributed by atoms with Gasteiger partial charge in [-0.15, -0.1) is 0 Å².